The lowest BCUT2D eigenvalue weighted by Gasteiger charge is -2.16. The van der Waals surface area contributed by atoms with E-state index < -0.39 is 0 Å². The lowest BCUT2D eigenvalue weighted by atomic mass is 10.0. The van der Waals surface area contributed by atoms with Gasteiger partial charge in [-0.25, -0.2) is 0 Å². The summed E-state index contributed by atoms with van der Waals surface area (Å²) in [5.74, 6) is 0. The van der Waals surface area contributed by atoms with Crippen LogP contribution >= 0.6 is 43.5 Å². The zero-order valence-corrected chi connectivity index (χ0v) is 14.7. The molecule has 1 heterocycles. The van der Waals surface area contributed by atoms with Crippen LogP contribution in [0, 0.1) is 0 Å². The fourth-order valence-electron chi connectivity index (χ4n) is 1.90. The number of rotatable bonds is 5. The molecule has 0 fully saturated rings. The molecular weight excluding hydrogens is 409 g/mol. The van der Waals surface area contributed by atoms with Crippen LogP contribution in [0.5, 0.6) is 0 Å². The number of nitrogens with zero attached hydrogens (tertiary/aromatic N) is 2. The Kier molecular flexibility index (Phi) is 5.63. The van der Waals surface area contributed by atoms with Gasteiger partial charge >= 0.3 is 0 Å². The molecule has 0 radical (unpaired) electrons. The Morgan fingerprint density at radius 1 is 1.40 bits per heavy atom. The molecule has 7 heteroatoms. The molecule has 0 saturated carbocycles. The van der Waals surface area contributed by atoms with Gasteiger partial charge in [0, 0.05) is 11.6 Å². The number of methoxy groups -OCH3 is 1. The average Bonchev–Trinajstić information content (AvgIpc) is 2.80. The molecular formula is C13H14Br2ClN3O. The van der Waals surface area contributed by atoms with Gasteiger partial charge in [0.15, 0.2) is 0 Å². The van der Waals surface area contributed by atoms with Crippen LogP contribution < -0.4 is 5.73 Å². The van der Waals surface area contributed by atoms with Gasteiger partial charge in [-0.1, -0.05) is 17.7 Å². The van der Waals surface area contributed by atoms with Crippen LogP contribution in [0.4, 0.5) is 0 Å². The van der Waals surface area contributed by atoms with Crippen molar-refractivity contribution in [2.24, 2.45) is 5.73 Å². The second-order valence-electron chi connectivity index (χ2n) is 4.24. The van der Waals surface area contributed by atoms with E-state index in [4.69, 9.17) is 22.1 Å². The topological polar surface area (TPSA) is 53.1 Å². The number of hydrogen-bond acceptors (Lipinski definition) is 3. The smallest absolute Gasteiger partial charge is 0.0739 e. The summed E-state index contributed by atoms with van der Waals surface area (Å²) in [6, 6.07) is 5.38. The molecule has 0 amide bonds. The van der Waals surface area contributed by atoms with Crippen LogP contribution in [0.25, 0.3) is 0 Å². The average molecular weight is 424 g/mol. The lowest BCUT2D eigenvalue weighted by Crippen LogP contribution is -2.19. The minimum absolute atomic E-state index is 0.311. The largest absolute Gasteiger partial charge is 0.383 e. The van der Waals surface area contributed by atoms with E-state index in [1.54, 1.807) is 13.3 Å². The summed E-state index contributed by atoms with van der Waals surface area (Å²) < 4.78 is 8.65. The van der Waals surface area contributed by atoms with Crippen molar-refractivity contribution in [3.8, 4) is 0 Å². The Morgan fingerprint density at radius 2 is 2.15 bits per heavy atom. The third kappa shape index (κ3) is 3.43. The van der Waals surface area contributed by atoms with Crippen molar-refractivity contribution >= 4 is 43.5 Å². The first-order chi connectivity index (χ1) is 9.54. The third-order valence-corrected chi connectivity index (χ3v) is 4.78. The Labute approximate surface area is 139 Å². The Balaban J connectivity index is 2.34. The van der Waals surface area contributed by atoms with Gasteiger partial charge in [0.05, 0.1) is 40.6 Å². The number of nitrogens with two attached hydrogens (primary N) is 1. The second kappa shape index (κ2) is 7.04. The van der Waals surface area contributed by atoms with Crippen molar-refractivity contribution in [3.63, 3.8) is 0 Å². The maximum absolute atomic E-state index is 6.35. The number of halogens is 3. The molecule has 0 saturated heterocycles. The summed E-state index contributed by atoms with van der Waals surface area (Å²) in [4.78, 5) is 0. The van der Waals surface area contributed by atoms with Crippen molar-refractivity contribution in [1.82, 2.24) is 9.78 Å². The van der Waals surface area contributed by atoms with E-state index in [1.807, 2.05) is 22.9 Å². The summed E-state index contributed by atoms with van der Waals surface area (Å²) in [6.07, 6.45) is 1.74. The van der Waals surface area contributed by atoms with Crippen LogP contribution in [0.15, 0.2) is 33.3 Å². The van der Waals surface area contributed by atoms with Crippen molar-refractivity contribution < 1.29 is 4.74 Å². The van der Waals surface area contributed by atoms with Crippen LogP contribution in [0.2, 0.25) is 5.02 Å². The molecule has 0 bridgehead atoms. The zero-order valence-electron chi connectivity index (χ0n) is 10.8. The van der Waals surface area contributed by atoms with E-state index in [2.05, 4.69) is 37.0 Å². The molecule has 2 aromatic rings. The van der Waals surface area contributed by atoms with E-state index in [0.717, 1.165) is 20.2 Å². The Bertz CT molecular complexity index is 603. The lowest BCUT2D eigenvalue weighted by molar-refractivity contribution is 0.182. The van der Waals surface area contributed by atoms with E-state index in [1.165, 1.54) is 0 Å². The third-order valence-electron chi connectivity index (χ3n) is 2.94. The maximum Gasteiger partial charge on any atom is 0.0739 e. The summed E-state index contributed by atoms with van der Waals surface area (Å²) in [6.45, 7) is 1.23. The molecule has 2 rings (SSSR count). The molecule has 0 aliphatic carbocycles. The second-order valence-corrected chi connectivity index (χ2v) is 6.36. The molecule has 1 unspecified atom stereocenters. The van der Waals surface area contributed by atoms with Gasteiger partial charge < -0.3 is 10.5 Å². The van der Waals surface area contributed by atoms with Gasteiger partial charge in [0.2, 0.25) is 0 Å². The molecule has 1 aromatic carbocycles. The number of benzene rings is 1. The maximum atomic E-state index is 6.35. The predicted octanol–water partition coefficient (Wildman–Crippen LogP) is 3.76. The summed E-state index contributed by atoms with van der Waals surface area (Å²) in [7, 11) is 1.66. The van der Waals surface area contributed by atoms with E-state index in [-0.39, 0.29) is 6.04 Å². The van der Waals surface area contributed by atoms with Crippen LogP contribution in [0.3, 0.4) is 0 Å². The first kappa shape index (κ1) is 16.0. The molecule has 1 atom stereocenters. The fourth-order valence-corrected chi connectivity index (χ4v) is 2.88. The molecule has 1 aromatic heterocycles. The first-order valence-electron chi connectivity index (χ1n) is 5.95. The molecule has 0 aliphatic rings. The Hall–Kier alpha value is -0.400. The standard InChI is InChI=1S/C13H14Br2ClN3O/c1-20-5-4-19-13(10(15)7-18-19)12(17)8-2-3-9(14)11(16)6-8/h2-3,6-7,12H,4-5,17H2,1H3. The monoisotopic (exact) mass is 421 g/mol. The van der Waals surface area contributed by atoms with E-state index in [9.17, 15) is 0 Å². The summed E-state index contributed by atoms with van der Waals surface area (Å²) in [5, 5.41) is 4.94. The van der Waals surface area contributed by atoms with Crippen LogP contribution in [-0.2, 0) is 11.3 Å². The highest BCUT2D eigenvalue weighted by molar-refractivity contribution is 9.10. The van der Waals surface area contributed by atoms with Crippen molar-refractivity contribution in [2.75, 3.05) is 13.7 Å². The number of ether oxygens (including phenoxy) is 1. The molecule has 2 N–H and O–H groups in total. The molecule has 4 nitrogen and oxygen atoms in total. The van der Waals surface area contributed by atoms with E-state index in [0.29, 0.717) is 18.2 Å². The number of hydrogen-bond donors (Lipinski definition) is 1. The quantitative estimate of drug-likeness (QED) is 0.797. The van der Waals surface area contributed by atoms with E-state index >= 15 is 0 Å². The van der Waals surface area contributed by atoms with Gasteiger partial charge in [-0.05, 0) is 49.6 Å². The molecule has 0 spiro atoms. The highest BCUT2D eigenvalue weighted by Gasteiger charge is 2.19. The zero-order chi connectivity index (χ0) is 14.7. The molecule has 20 heavy (non-hydrogen) atoms. The van der Waals surface area contributed by atoms with Gasteiger partial charge in [-0.3, -0.25) is 4.68 Å². The van der Waals surface area contributed by atoms with Gasteiger partial charge in [-0.15, -0.1) is 0 Å². The highest BCUT2D eigenvalue weighted by atomic mass is 79.9. The van der Waals surface area contributed by atoms with Crippen molar-refractivity contribution in [1.29, 1.82) is 0 Å². The SMILES string of the molecule is COCCn1ncc(Br)c1C(N)c1ccc(Br)c(Cl)c1. The predicted molar refractivity (Wildman–Crippen MR) is 87.0 cm³/mol. The summed E-state index contributed by atoms with van der Waals surface area (Å²) >= 11 is 13.0. The number of aromatic nitrogens is 2. The summed E-state index contributed by atoms with van der Waals surface area (Å²) in [5.41, 5.74) is 8.18. The van der Waals surface area contributed by atoms with Crippen molar-refractivity contribution in [2.45, 2.75) is 12.6 Å². The minimum Gasteiger partial charge on any atom is -0.383 e. The molecule has 108 valence electrons. The fraction of sp³-hybridized carbons (Fsp3) is 0.308. The van der Waals surface area contributed by atoms with Gasteiger partial charge in [0.1, 0.15) is 0 Å². The van der Waals surface area contributed by atoms with Crippen molar-refractivity contribution in [3.05, 3.63) is 49.6 Å². The van der Waals surface area contributed by atoms with Crippen LogP contribution in [-0.4, -0.2) is 23.5 Å². The first-order valence-corrected chi connectivity index (χ1v) is 7.91. The Morgan fingerprint density at radius 3 is 2.80 bits per heavy atom. The van der Waals surface area contributed by atoms with Gasteiger partial charge in [-0.2, -0.15) is 5.10 Å². The van der Waals surface area contributed by atoms with Gasteiger partial charge in [0.25, 0.3) is 0 Å². The highest BCUT2D eigenvalue weighted by Crippen LogP contribution is 2.30. The molecule has 0 aliphatic heterocycles. The van der Waals surface area contributed by atoms with Crippen LogP contribution in [0.1, 0.15) is 17.3 Å². The normalized spacial score (nSPS) is 12.7. The minimum atomic E-state index is -0.311.